The minimum Gasteiger partial charge on any atom is -0.480 e. The SMILES string of the molecule is COCCC(NC(=O)c1cccn1CC(F)F)C(=O)O. The van der Waals surface area contributed by atoms with E-state index in [0.29, 0.717) is 0 Å². The number of alkyl halides is 2. The van der Waals surface area contributed by atoms with Crippen molar-refractivity contribution in [3.05, 3.63) is 24.0 Å². The maximum atomic E-state index is 12.3. The number of carbonyl (C=O) groups is 2. The third-order valence-corrected chi connectivity index (χ3v) is 2.61. The molecule has 1 aromatic rings. The third-order valence-electron chi connectivity index (χ3n) is 2.61. The monoisotopic (exact) mass is 290 g/mol. The summed E-state index contributed by atoms with van der Waals surface area (Å²) in [5.41, 5.74) is -0.00559. The van der Waals surface area contributed by atoms with Crippen LogP contribution in [0.2, 0.25) is 0 Å². The fraction of sp³-hybridized carbons (Fsp3) is 0.500. The van der Waals surface area contributed by atoms with Crippen LogP contribution < -0.4 is 5.32 Å². The van der Waals surface area contributed by atoms with Crippen LogP contribution >= 0.6 is 0 Å². The highest BCUT2D eigenvalue weighted by Gasteiger charge is 2.22. The molecule has 0 radical (unpaired) electrons. The lowest BCUT2D eigenvalue weighted by molar-refractivity contribution is -0.139. The van der Waals surface area contributed by atoms with Crippen LogP contribution in [0.15, 0.2) is 18.3 Å². The molecule has 2 N–H and O–H groups in total. The maximum absolute atomic E-state index is 12.3. The van der Waals surface area contributed by atoms with Gasteiger partial charge in [0.25, 0.3) is 12.3 Å². The van der Waals surface area contributed by atoms with E-state index in [-0.39, 0.29) is 18.7 Å². The molecule has 112 valence electrons. The van der Waals surface area contributed by atoms with Gasteiger partial charge in [-0.25, -0.2) is 13.6 Å². The minimum absolute atomic E-state index is 0.00559. The summed E-state index contributed by atoms with van der Waals surface area (Å²) in [7, 11) is 1.41. The molecule has 1 unspecified atom stereocenters. The lowest BCUT2D eigenvalue weighted by atomic mass is 10.2. The number of nitrogens with zero attached hydrogens (tertiary/aromatic N) is 1. The number of hydrogen-bond acceptors (Lipinski definition) is 3. The van der Waals surface area contributed by atoms with Gasteiger partial charge in [-0.1, -0.05) is 0 Å². The number of hydrogen-bond donors (Lipinski definition) is 2. The van der Waals surface area contributed by atoms with Crippen LogP contribution in [0, 0.1) is 0 Å². The summed E-state index contributed by atoms with van der Waals surface area (Å²) < 4.78 is 30.5. The predicted octanol–water partition coefficient (Wildman–Crippen LogP) is 0.973. The molecular weight excluding hydrogens is 274 g/mol. The zero-order valence-corrected chi connectivity index (χ0v) is 10.9. The van der Waals surface area contributed by atoms with Crippen molar-refractivity contribution in [2.75, 3.05) is 13.7 Å². The van der Waals surface area contributed by atoms with E-state index in [0.717, 1.165) is 4.57 Å². The van der Waals surface area contributed by atoms with Crippen molar-refractivity contribution in [3.8, 4) is 0 Å². The molecule has 6 nitrogen and oxygen atoms in total. The van der Waals surface area contributed by atoms with Gasteiger partial charge in [0.15, 0.2) is 0 Å². The van der Waals surface area contributed by atoms with Crippen LogP contribution in [-0.2, 0) is 16.1 Å². The number of amides is 1. The quantitative estimate of drug-likeness (QED) is 0.747. The standard InChI is InChI=1S/C12H16F2N2O4/c1-20-6-4-8(12(18)19)15-11(17)9-3-2-5-16(9)7-10(13)14/h2-3,5,8,10H,4,6-7H2,1H3,(H,15,17)(H,18,19). The second-order valence-electron chi connectivity index (χ2n) is 4.08. The van der Waals surface area contributed by atoms with E-state index >= 15 is 0 Å². The number of aliphatic carboxylic acids is 1. The van der Waals surface area contributed by atoms with Gasteiger partial charge < -0.3 is 19.7 Å². The lowest BCUT2D eigenvalue weighted by Gasteiger charge is -2.15. The number of carboxylic acids is 1. The van der Waals surface area contributed by atoms with Crippen LogP contribution in [0.3, 0.4) is 0 Å². The minimum atomic E-state index is -2.60. The Bertz CT molecular complexity index is 462. The molecule has 0 aliphatic heterocycles. The number of halogens is 2. The van der Waals surface area contributed by atoms with Gasteiger partial charge in [0.2, 0.25) is 0 Å². The molecule has 1 aromatic heterocycles. The molecule has 1 amide bonds. The molecule has 0 saturated carbocycles. The smallest absolute Gasteiger partial charge is 0.326 e. The summed E-state index contributed by atoms with van der Waals surface area (Å²) in [6.45, 7) is -0.457. The largest absolute Gasteiger partial charge is 0.480 e. The molecular formula is C12H16F2N2O4. The summed E-state index contributed by atoms with van der Waals surface area (Å²) in [5.74, 6) is -1.92. The van der Waals surface area contributed by atoms with Gasteiger partial charge in [-0.3, -0.25) is 4.79 Å². The molecule has 0 spiro atoms. The number of carbonyl (C=O) groups excluding carboxylic acids is 1. The second-order valence-corrected chi connectivity index (χ2v) is 4.08. The molecule has 1 heterocycles. The predicted molar refractivity (Wildman–Crippen MR) is 65.8 cm³/mol. The van der Waals surface area contributed by atoms with Crippen molar-refractivity contribution in [1.29, 1.82) is 0 Å². The van der Waals surface area contributed by atoms with E-state index in [2.05, 4.69) is 5.32 Å². The molecule has 0 bridgehead atoms. The molecule has 0 aromatic carbocycles. The topological polar surface area (TPSA) is 80.6 Å². The van der Waals surface area contributed by atoms with Gasteiger partial charge >= 0.3 is 5.97 Å². The van der Waals surface area contributed by atoms with Crippen molar-refractivity contribution in [2.45, 2.75) is 25.4 Å². The van der Waals surface area contributed by atoms with E-state index in [9.17, 15) is 18.4 Å². The lowest BCUT2D eigenvalue weighted by Crippen LogP contribution is -2.42. The van der Waals surface area contributed by atoms with E-state index < -0.39 is 30.9 Å². The fourth-order valence-corrected chi connectivity index (χ4v) is 1.65. The summed E-state index contributed by atoms with van der Waals surface area (Å²) in [6, 6.07) is 1.67. The Labute approximate surface area is 114 Å². The zero-order chi connectivity index (χ0) is 15.1. The first-order valence-electron chi connectivity index (χ1n) is 5.91. The van der Waals surface area contributed by atoms with Crippen molar-refractivity contribution < 1.29 is 28.2 Å². The molecule has 0 fully saturated rings. The first kappa shape index (κ1) is 16.1. The number of aromatic nitrogens is 1. The highest BCUT2D eigenvalue weighted by atomic mass is 19.3. The average Bonchev–Trinajstić information content (AvgIpc) is 2.81. The van der Waals surface area contributed by atoms with E-state index in [1.807, 2.05) is 0 Å². The fourth-order valence-electron chi connectivity index (χ4n) is 1.65. The number of carboxylic acid groups (broad SMARTS) is 1. The van der Waals surface area contributed by atoms with Crippen molar-refractivity contribution in [1.82, 2.24) is 9.88 Å². The molecule has 20 heavy (non-hydrogen) atoms. The molecule has 0 aliphatic rings. The Hall–Kier alpha value is -1.96. The van der Waals surface area contributed by atoms with Crippen molar-refractivity contribution in [2.24, 2.45) is 0 Å². The van der Waals surface area contributed by atoms with E-state index in [1.54, 1.807) is 0 Å². The maximum Gasteiger partial charge on any atom is 0.326 e. The molecule has 0 aliphatic carbocycles. The van der Waals surface area contributed by atoms with Crippen molar-refractivity contribution >= 4 is 11.9 Å². The summed E-state index contributed by atoms with van der Waals surface area (Å²) in [5, 5.41) is 11.2. The van der Waals surface area contributed by atoms with Gasteiger partial charge in [-0.05, 0) is 12.1 Å². The first-order chi connectivity index (χ1) is 9.45. The number of methoxy groups -OCH3 is 1. The van der Waals surface area contributed by atoms with Crippen LogP contribution in [0.1, 0.15) is 16.9 Å². The molecule has 8 heteroatoms. The Morgan fingerprint density at radius 2 is 2.20 bits per heavy atom. The van der Waals surface area contributed by atoms with Gasteiger partial charge in [-0.2, -0.15) is 0 Å². The first-order valence-corrected chi connectivity index (χ1v) is 5.91. The van der Waals surface area contributed by atoms with Gasteiger partial charge in [-0.15, -0.1) is 0 Å². The van der Waals surface area contributed by atoms with Crippen LogP contribution in [-0.4, -0.2) is 47.7 Å². The summed E-state index contributed by atoms with van der Waals surface area (Å²) in [6.07, 6.45) is -1.17. The van der Waals surface area contributed by atoms with Crippen LogP contribution in [0.5, 0.6) is 0 Å². The molecule has 1 atom stereocenters. The third kappa shape index (κ3) is 4.61. The number of rotatable bonds is 8. The highest BCUT2D eigenvalue weighted by Crippen LogP contribution is 2.07. The highest BCUT2D eigenvalue weighted by molar-refractivity contribution is 5.95. The van der Waals surface area contributed by atoms with Crippen LogP contribution in [0.25, 0.3) is 0 Å². The summed E-state index contributed by atoms with van der Waals surface area (Å²) >= 11 is 0. The Kier molecular flexibility index (Phi) is 6.10. The summed E-state index contributed by atoms with van der Waals surface area (Å²) in [4.78, 5) is 22.9. The Morgan fingerprint density at radius 3 is 2.75 bits per heavy atom. The van der Waals surface area contributed by atoms with E-state index in [1.165, 1.54) is 25.4 Å². The van der Waals surface area contributed by atoms with E-state index in [4.69, 9.17) is 9.84 Å². The van der Waals surface area contributed by atoms with Crippen LogP contribution in [0.4, 0.5) is 8.78 Å². The average molecular weight is 290 g/mol. The molecule has 1 rings (SSSR count). The van der Waals surface area contributed by atoms with Crippen molar-refractivity contribution in [3.63, 3.8) is 0 Å². The van der Waals surface area contributed by atoms with Gasteiger partial charge in [0.1, 0.15) is 11.7 Å². The van der Waals surface area contributed by atoms with Gasteiger partial charge in [0.05, 0.1) is 6.54 Å². The second kappa shape index (κ2) is 7.59. The van der Waals surface area contributed by atoms with Gasteiger partial charge in [0, 0.05) is 26.3 Å². The Balaban J connectivity index is 2.73. The normalized spacial score (nSPS) is 12.4. The number of ether oxygens (including phenoxy) is 1. The Morgan fingerprint density at radius 1 is 1.50 bits per heavy atom. The number of nitrogens with one attached hydrogen (secondary N) is 1. The zero-order valence-electron chi connectivity index (χ0n) is 10.9. The molecule has 0 saturated heterocycles.